The van der Waals surface area contributed by atoms with E-state index in [4.69, 9.17) is 0 Å². The minimum atomic E-state index is -0.184. The molecule has 0 fully saturated rings. The molecule has 0 bridgehead atoms. The van der Waals surface area contributed by atoms with Crippen molar-refractivity contribution in [1.29, 1.82) is 0 Å². The Bertz CT molecular complexity index is 969. The summed E-state index contributed by atoms with van der Waals surface area (Å²) in [6.07, 6.45) is 5.11. The van der Waals surface area contributed by atoms with Crippen LogP contribution in [0.2, 0.25) is 0 Å². The molecule has 5 heteroatoms. The maximum absolute atomic E-state index is 12.6. The number of nitrogens with zero attached hydrogens (tertiary/aromatic N) is 2. The average molecular weight is 387 g/mol. The van der Waals surface area contributed by atoms with Crippen molar-refractivity contribution < 1.29 is 9.59 Å². The predicted molar refractivity (Wildman–Crippen MR) is 115 cm³/mol. The van der Waals surface area contributed by atoms with E-state index in [0.29, 0.717) is 17.7 Å². The first-order valence-corrected chi connectivity index (χ1v) is 9.72. The fraction of sp³-hybridized carbons (Fsp3) is 0.208. The van der Waals surface area contributed by atoms with E-state index in [9.17, 15) is 9.59 Å². The number of amides is 2. The van der Waals surface area contributed by atoms with E-state index in [1.165, 1.54) is 0 Å². The van der Waals surface area contributed by atoms with Gasteiger partial charge in [-0.05, 0) is 66.4 Å². The van der Waals surface area contributed by atoms with Gasteiger partial charge in [-0.15, -0.1) is 0 Å². The number of rotatable bonds is 7. The number of para-hydroxylation sites is 1. The van der Waals surface area contributed by atoms with Crippen molar-refractivity contribution in [3.8, 4) is 0 Å². The zero-order valence-electron chi connectivity index (χ0n) is 16.8. The molecular formula is C24H25N3O2. The van der Waals surface area contributed by atoms with Crippen molar-refractivity contribution >= 4 is 17.5 Å². The fourth-order valence-electron chi connectivity index (χ4n) is 3.08. The monoisotopic (exact) mass is 387 g/mol. The molecule has 1 heterocycles. The molecule has 148 valence electrons. The van der Waals surface area contributed by atoms with E-state index in [-0.39, 0.29) is 11.8 Å². The summed E-state index contributed by atoms with van der Waals surface area (Å²) in [5.41, 5.74) is 4.12. The van der Waals surface area contributed by atoms with Gasteiger partial charge in [0.2, 0.25) is 0 Å². The molecule has 0 unspecified atom stereocenters. The first kappa shape index (κ1) is 20.3. The summed E-state index contributed by atoms with van der Waals surface area (Å²) in [6.45, 7) is 2.66. The predicted octanol–water partition coefficient (Wildman–Crippen LogP) is 4.21. The van der Waals surface area contributed by atoms with Crippen LogP contribution in [0.5, 0.6) is 0 Å². The third-order valence-electron chi connectivity index (χ3n) is 4.87. The van der Waals surface area contributed by atoms with Gasteiger partial charge in [0.25, 0.3) is 11.8 Å². The van der Waals surface area contributed by atoms with Gasteiger partial charge in [-0.25, -0.2) is 0 Å². The fourth-order valence-corrected chi connectivity index (χ4v) is 3.08. The number of carbonyl (C=O) groups is 2. The van der Waals surface area contributed by atoms with E-state index in [0.717, 1.165) is 29.7 Å². The number of aryl methyl sites for hydroxylation is 1. The Hall–Kier alpha value is -3.47. The Morgan fingerprint density at radius 1 is 0.931 bits per heavy atom. The van der Waals surface area contributed by atoms with Crippen LogP contribution < -0.4 is 5.32 Å². The first-order chi connectivity index (χ1) is 14.1. The minimum Gasteiger partial charge on any atom is -0.341 e. The lowest BCUT2D eigenvalue weighted by atomic mass is 10.1. The summed E-state index contributed by atoms with van der Waals surface area (Å²) < 4.78 is 0. The van der Waals surface area contributed by atoms with Crippen molar-refractivity contribution in [2.75, 3.05) is 18.9 Å². The Morgan fingerprint density at radius 3 is 2.28 bits per heavy atom. The molecule has 0 aliphatic carbocycles. The Balaban J connectivity index is 1.61. The van der Waals surface area contributed by atoms with Gasteiger partial charge in [-0.1, -0.05) is 25.1 Å². The van der Waals surface area contributed by atoms with E-state index in [1.807, 2.05) is 36.4 Å². The molecule has 1 N–H and O–H groups in total. The molecule has 0 radical (unpaired) electrons. The largest absolute Gasteiger partial charge is 0.341 e. The number of carbonyl (C=O) groups excluding carboxylic acids is 2. The molecule has 29 heavy (non-hydrogen) atoms. The molecule has 5 nitrogen and oxygen atoms in total. The maximum Gasteiger partial charge on any atom is 0.255 e. The molecule has 1 aromatic heterocycles. The van der Waals surface area contributed by atoms with Gasteiger partial charge in [-0.3, -0.25) is 14.6 Å². The molecule has 2 amide bonds. The summed E-state index contributed by atoms with van der Waals surface area (Å²) >= 11 is 0. The smallest absolute Gasteiger partial charge is 0.255 e. The number of likely N-dealkylation sites (N-methyl/N-ethyl adjacent to an activating group) is 1. The van der Waals surface area contributed by atoms with Crippen molar-refractivity contribution in [2.45, 2.75) is 19.8 Å². The molecule has 0 spiro atoms. The number of hydrogen-bond donors (Lipinski definition) is 1. The van der Waals surface area contributed by atoms with E-state index in [2.05, 4.69) is 17.2 Å². The van der Waals surface area contributed by atoms with Crippen LogP contribution in [-0.4, -0.2) is 35.3 Å². The Kier molecular flexibility index (Phi) is 6.74. The highest BCUT2D eigenvalue weighted by Crippen LogP contribution is 2.17. The molecule has 3 aromatic rings. The Labute approximate surface area is 171 Å². The van der Waals surface area contributed by atoms with Crippen molar-refractivity contribution in [1.82, 2.24) is 9.88 Å². The molecule has 0 atom stereocenters. The highest BCUT2D eigenvalue weighted by molar-refractivity contribution is 6.05. The van der Waals surface area contributed by atoms with E-state index < -0.39 is 0 Å². The zero-order valence-corrected chi connectivity index (χ0v) is 16.8. The number of anilines is 1. The zero-order chi connectivity index (χ0) is 20.6. The molecule has 3 rings (SSSR count). The topological polar surface area (TPSA) is 62.3 Å². The van der Waals surface area contributed by atoms with Crippen LogP contribution in [0.3, 0.4) is 0 Å². The molecule has 2 aromatic carbocycles. The second-order valence-electron chi connectivity index (χ2n) is 6.87. The first-order valence-electron chi connectivity index (χ1n) is 9.72. The van der Waals surface area contributed by atoms with Gasteiger partial charge < -0.3 is 10.2 Å². The number of hydrogen-bond acceptors (Lipinski definition) is 3. The van der Waals surface area contributed by atoms with Crippen molar-refractivity contribution in [2.24, 2.45) is 0 Å². The summed E-state index contributed by atoms with van der Waals surface area (Å²) in [6, 6.07) is 18.4. The van der Waals surface area contributed by atoms with Gasteiger partial charge in [0.1, 0.15) is 0 Å². The number of pyridine rings is 1. The van der Waals surface area contributed by atoms with Crippen LogP contribution in [0.25, 0.3) is 0 Å². The highest BCUT2D eigenvalue weighted by atomic mass is 16.2. The number of aromatic nitrogens is 1. The SMILES string of the molecule is CCc1ccccc1NC(=O)c1ccc(C(=O)N(C)CCc2ccncc2)cc1. The van der Waals surface area contributed by atoms with Gasteiger partial charge in [0, 0.05) is 42.8 Å². The number of benzene rings is 2. The summed E-state index contributed by atoms with van der Waals surface area (Å²) in [5.74, 6) is -0.252. The van der Waals surface area contributed by atoms with Crippen LogP contribution in [0.15, 0.2) is 73.1 Å². The van der Waals surface area contributed by atoms with Crippen LogP contribution in [0, 0.1) is 0 Å². The van der Waals surface area contributed by atoms with Crippen molar-refractivity contribution in [3.05, 3.63) is 95.3 Å². The second-order valence-corrected chi connectivity index (χ2v) is 6.87. The number of nitrogens with one attached hydrogen (secondary N) is 1. The lowest BCUT2D eigenvalue weighted by molar-refractivity contribution is 0.0796. The lowest BCUT2D eigenvalue weighted by Crippen LogP contribution is -2.28. The van der Waals surface area contributed by atoms with Gasteiger partial charge >= 0.3 is 0 Å². The van der Waals surface area contributed by atoms with Gasteiger partial charge in [-0.2, -0.15) is 0 Å². The summed E-state index contributed by atoms with van der Waals surface area (Å²) in [5, 5.41) is 2.95. The third kappa shape index (κ3) is 5.29. The molecular weight excluding hydrogens is 362 g/mol. The minimum absolute atomic E-state index is 0.0673. The normalized spacial score (nSPS) is 10.4. The maximum atomic E-state index is 12.6. The highest BCUT2D eigenvalue weighted by Gasteiger charge is 2.13. The second kappa shape index (κ2) is 9.64. The lowest BCUT2D eigenvalue weighted by Gasteiger charge is -2.17. The molecule has 0 aliphatic rings. The molecule has 0 aliphatic heterocycles. The summed E-state index contributed by atoms with van der Waals surface area (Å²) in [7, 11) is 1.78. The van der Waals surface area contributed by atoms with Crippen molar-refractivity contribution in [3.63, 3.8) is 0 Å². The van der Waals surface area contributed by atoms with E-state index >= 15 is 0 Å². The van der Waals surface area contributed by atoms with E-state index in [1.54, 1.807) is 48.6 Å². The van der Waals surface area contributed by atoms with Crippen LogP contribution in [0.4, 0.5) is 5.69 Å². The van der Waals surface area contributed by atoms with Gasteiger partial charge in [0.15, 0.2) is 0 Å². The quantitative estimate of drug-likeness (QED) is 0.660. The summed E-state index contributed by atoms with van der Waals surface area (Å²) in [4.78, 5) is 30.9. The third-order valence-corrected chi connectivity index (χ3v) is 4.87. The van der Waals surface area contributed by atoms with Crippen LogP contribution >= 0.6 is 0 Å². The standard InChI is InChI=1S/C24H25N3O2/c1-3-19-6-4-5-7-22(19)26-23(28)20-8-10-21(11-9-20)24(29)27(2)17-14-18-12-15-25-16-13-18/h4-13,15-16H,3,14,17H2,1-2H3,(H,26,28). The van der Waals surface area contributed by atoms with Crippen LogP contribution in [-0.2, 0) is 12.8 Å². The molecule has 0 saturated carbocycles. The Morgan fingerprint density at radius 2 is 1.59 bits per heavy atom. The average Bonchev–Trinajstić information content (AvgIpc) is 2.78. The van der Waals surface area contributed by atoms with Gasteiger partial charge in [0.05, 0.1) is 0 Å². The molecule has 0 saturated heterocycles. The van der Waals surface area contributed by atoms with Crippen LogP contribution in [0.1, 0.15) is 38.8 Å².